The van der Waals surface area contributed by atoms with E-state index in [-0.39, 0.29) is 0 Å². The van der Waals surface area contributed by atoms with Gasteiger partial charge in [0.15, 0.2) is 12.1 Å². The van der Waals surface area contributed by atoms with Crippen molar-refractivity contribution >= 4 is 12.1 Å². The van der Waals surface area contributed by atoms with E-state index in [1.54, 1.807) is 0 Å². The second-order valence-electron chi connectivity index (χ2n) is 2.60. The monoisotopic (exact) mass is 151 g/mol. The van der Waals surface area contributed by atoms with Crippen LogP contribution in [-0.4, -0.2) is 22.4 Å². The second-order valence-corrected chi connectivity index (χ2v) is 2.60. The Bertz CT molecular complexity index is 303. The van der Waals surface area contributed by atoms with Crippen LogP contribution in [0, 0.1) is 6.92 Å². The summed E-state index contributed by atoms with van der Waals surface area (Å²) in [6.45, 7) is 3.65. The summed E-state index contributed by atoms with van der Waals surface area (Å²) in [5.74, 6) is 1.52. The van der Waals surface area contributed by atoms with Gasteiger partial charge in [-0.2, -0.15) is 0 Å². The first kappa shape index (κ1) is 6.39. The van der Waals surface area contributed by atoms with Crippen LogP contribution in [0.5, 0.6) is 0 Å². The fourth-order valence-corrected chi connectivity index (χ4v) is 1.42. The number of carbonyl (C=O) groups excluding carboxylic acids is 1. The smallest absolute Gasteiger partial charge is 0.185 e. The van der Waals surface area contributed by atoms with Gasteiger partial charge in [0.2, 0.25) is 0 Å². The van der Waals surface area contributed by atoms with Crippen LogP contribution in [0.15, 0.2) is 0 Å². The normalized spacial score (nSPS) is 14.3. The number of anilines is 1. The summed E-state index contributed by atoms with van der Waals surface area (Å²) in [5, 5.41) is 3.16. The predicted molar refractivity (Wildman–Crippen MR) is 40.8 cm³/mol. The van der Waals surface area contributed by atoms with Gasteiger partial charge in [0.1, 0.15) is 5.82 Å². The third kappa shape index (κ3) is 0.753. The summed E-state index contributed by atoms with van der Waals surface area (Å²) >= 11 is 0. The lowest BCUT2D eigenvalue weighted by Crippen LogP contribution is -1.99. The topological polar surface area (TPSA) is 46.9 Å². The highest BCUT2D eigenvalue weighted by molar-refractivity contribution is 5.72. The molecule has 4 nitrogen and oxygen atoms in total. The molecule has 0 atom stereocenters. The lowest BCUT2D eigenvalue weighted by atomic mass is 10.5. The zero-order valence-corrected chi connectivity index (χ0v) is 6.29. The van der Waals surface area contributed by atoms with Crippen molar-refractivity contribution in [3.8, 4) is 0 Å². The number of carbonyl (C=O) groups is 1. The molecule has 1 aliphatic rings. The van der Waals surface area contributed by atoms with E-state index in [0.717, 1.165) is 30.9 Å². The van der Waals surface area contributed by atoms with Gasteiger partial charge in [0.05, 0.1) is 5.69 Å². The highest BCUT2D eigenvalue weighted by atomic mass is 16.1. The number of hydrogen-bond acceptors (Lipinski definition) is 3. The van der Waals surface area contributed by atoms with Gasteiger partial charge in [-0.15, -0.1) is 0 Å². The molecule has 2 rings (SSSR count). The summed E-state index contributed by atoms with van der Waals surface area (Å²) in [6.07, 6.45) is 0.795. The van der Waals surface area contributed by atoms with Crippen LogP contribution >= 0.6 is 0 Å². The summed E-state index contributed by atoms with van der Waals surface area (Å²) in [5.41, 5.74) is 0.907. The lowest BCUT2D eigenvalue weighted by molar-refractivity contribution is 0.111. The number of aromatic nitrogens is 2. The number of aryl methyl sites for hydroxylation is 1. The second kappa shape index (κ2) is 2.08. The maximum atomic E-state index is 10.5. The van der Waals surface area contributed by atoms with E-state index in [9.17, 15) is 4.79 Å². The van der Waals surface area contributed by atoms with Crippen molar-refractivity contribution in [3.63, 3.8) is 0 Å². The standard InChI is InChI=1S/C7H9N3O/c1-5-7-8-2-3-10(7)6(4-11)9-5/h4,8H,2-3H2,1H3. The first-order valence-electron chi connectivity index (χ1n) is 3.59. The van der Waals surface area contributed by atoms with Crippen molar-refractivity contribution < 1.29 is 4.79 Å². The molecular formula is C7H9N3O. The van der Waals surface area contributed by atoms with Crippen LogP contribution in [-0.2, 0) is 6.54 Å². The number of aldehydes is 1. The van der Waals surface area contributed by atoms with E-state index in [2.05, 4.69) is 10.3 Å². The molecule has 1 N–H and O–H groups in total. The Morgan fingerprint density at radius 2 is 2.55 bits per heavy atom. The van der Waals surface area contributed by atoms with E-state index < -0.39 is 0 Å². The molecule has 4 heteroatoms. The Balaban J connectivity index is 2.60. The van der Waals surface area contributed by atoms with Crippen molar-refractivity contribution in [1.82, 2.24) is 9.55 Å². The van der Waals surface area contributed by atoms with Gasteiger partial charge in [0, 0.05) is 13.1 Å². The van der Waals surface area contributed by atoms with Crippen molar-refractivity contribution in [3.05, 3.63) is 11.5 Å². The number of nitrogens with one attached hydrogen (secondary N) is 1. The zero-order chi connectivity index (χ0) is 7.84. The fourth-order valence-electron chi connectivity index (χ4n) is 1.42. The van der Waals surface area contributed by atoms with Gasteiger partial charge in [-0.25, -0.2) is 4.98 Å². The lowest BCUT2D eigenvalue weighted by Gasteiger charge is -1.93. The zero-order valence-electron chi connectivity index (χ0n) is 6.29. The minimum absolute atomic E-state index is 0.530. The molecule has 1 aliphatic heterocycles. The number of rotatable bonds is 1. The Kier molecular flexibility index (Phi) is 1.21. The Morgan fingerprint density at radius 3 is 3.27 bits per heavy atom. The van der Waals surface area contributed by atoms with Crippen molar-refractivity contribution in [1.29, 1.82) is 0 Å². The molecule has 0 unspecified atom stereocenters. The number of nitrogens with zero attached hydrogens (tertiary/aromatic N) is 2. The van der Waals surface area contributed by atoms with Crippen molar-refractivity contribution in [2.24, 2.45) is 0 Å². The molecule has 1 aromatic heterocycles. The van der Waals surface area contributed by atoms with E-state index >= 15 is 0 Å². The molecule has 0 bridgehead atoms. The molecule has 0 saturated heterocycles. The van der Waals surface area contributed by atoms with Crippen molar-refractivity contribution in [2.45, 2.75) is 13.5 Å². The number of fused-ring (bicyclic) bond motifs is 1. The van der Waals surface area contributed by atoms with Crippen LogP contribution < -0.4 is 5.32 Å². The summed E-state index contributed by atoms with van der Waals surface area (Å²) in [7, 11) is 0. The highest BCUT2D eigenvalue weighted by Crippen LogP contribution is 2.19. The maximum Gasteiger partial charge on any atom is 0.185 e. The molecule has 0 fully saturated rings. The maximum absolute atomic E-state index is 10.5. The number of imidazole rings is 1. The predicted octanol–water partition coefficient (Wildman–Crippen LogP) is 0.430. The molecule has 2 heterocycles. The molecule has 1 aromatic rings. The van der Waals surface area contributed by atoms with E-state index in [4.69, 9.17) is 0 Å². The van der Waals surface area contributed by atoms with Crippen LogP contribution in [0.1, 0.15) is 16.3 Å². The van der Waals surface area contributed by atoms with Crippen LogP contribution in [0.2, 0.25) is 0 Å². The van der Waals surface area contributed by atoms with Gasteiger partial charge < -0.3 is 9.88 Å². The average Bonchev–Trinajstić information content (AvgIpc) is 2.54. The van der Waals surface area contributed by atoms with Gasteiger partial charge in [-0.05, 0) is 6.92 Å². The highest BCUT2D eigenvalue weighted by Gasteiger charge is 2.17. The Labute approximate surface area is 64.2 Å². The van der Waals surface area contributed by atoms with E-state index in [1.165, 1.54) is 0 Å². The van der Waals surface area contributed by atoms with Gasteiger partial charge in [-0.3, -0.25) is 4.79 Å². The van der Waals surface area contributed by atoms with Gasteiger partial charge in [0.25, 0.3) is 0 Å². The fraction of sp³-hybridized carbons (Fsp3) is 0.429. The van der Waals surface area contributed by atoms with Crippen molar-refractivity contribution in [2.75, 3.05) is 11.9 Å². The minimum Gasteiger partial charge on any atom is -0.368 e. The molecule has 0 radical (unpaired) electrons. The third-order valence-electron chi connectivity index (χ3n) is 1.90. The molecule has 11 heavy (non-hydrogen) atoms. The van der Waals surface area contributed by atoms with Gasteiger partial charge >= 0.3 is 0 Å². The summed E-state index contributed by atoms with van der Waals surface area (Å²) in [6, 6.07) is 0. The molecule has 58 valence electrons. The minimum atomic E-state index is 0.530. The number of hydrogen-bond donors (Lipinski definition) is 1. The SMILES string of the molecule is Cc1nc(C=O)n2c1NCC2. The molecular weight excluding hydrogens is 142 g/mol. The average molecular weight is 151 g/mol. The first-order chi connectivity index (χ1) is 5.33. The summed E-state index contributed by atoms with van der Waals surface area (Å²) < 4.78 is 1.91. The molecule has 0 saturated carbocycles. The third-order valence-corrected chi connectivity index (χ3v) is 1.90. The largest absolute Gasteiger partial charge is 0.368 e. The van der Waals surface area contributed by atoms with Crippen LogP contribution in [0.3, 0.4) is 0 Å². The Morgan fingerprint density at radius 1 is 1.73 bits per heavy atom. The summed E-state index contributed by atoms with van der Waals surface area (Å²) in [4.78, 5) is 14.6. The van der Waals surface area contributed by atoms with E-state index in [1.807, 2.05) is 11.5 Å². The van der Waals surface area contributed by atoms with Gasteiger partial charge in [-0.1, -0.05) is 0 Å². The Hall–Kier alpha value is -1.32. The quantitative estimate of drug-likeness (QED) is 0.592. The molecule has 0 spiro atoms. The van der Waals surface area contributed by atoms with E-state index in [0.29, 0.717) is 5.82 Å². The van der Waals surface area contributed by atoms with Crippen LogP contribution in [0.25, 0.3) is 0 Å². The van der Waals surface area contributed by atoms with Crippen LogP contribution in [0.4, 0.5) is 5.82 Å². The molecule has 0 aromatic carbocycles. The molecule has 0 aliphatic carbocycles. The first-order valence-corrected chi connectivity index (χ1v) is 3.59. The molecule has 0 amide bonds.